The molecule has 2 amide bonds. The Balaban J connectivity index is 1.92. The number of halogens is 1. The smallest absolute Gasteiger partial charge is 0.255 e. The first-order valence-electron chi connectivity index (χ1n) is 6.29. The van der Waals surface area contributed by atoms with E-state index in [1.54, 1.807) is 21.9 Å². The molecule has 0 N–H and O–H groups in total. The fourth-order valence-corrected chi connectivity index (χ4v) is 2.17. The predicted molar refractivity (Wildman–Crippen MR) is 73.6 cm³/mol. The maximum atomic E-state index is 12.2. The highest BCUT2D eigenvalue weighted by Crippen LogP contribution is 2.10. The average molecular weight is 298 g/mol. The van der Waals surface area contributed by atoms with Gasteiger partial charge in [-0.25, -0.2) is 4.98 Å². The maximum absolute atomic E-state index is 12.2. The topological polar surface area (TPSA) is 62.7 Å². The number of piperazine rings is 1. The van der Waals surface area contributed by atoms with Crippen LogP contribution in [0.5, 0.6) is 0 Å². The van der Waals surface area contributed by atoms with E-state index in [2.05, 4.69) is 4.98 Å². The summed E-state index contributed by atoms with van der Waals surface area (Å²) in [5, 5.41) is 0.358. The molecule has 0 unspecified atom stereocenters. The zero-order valence-electron chi connectivity index (χ0n) is 11.2. The SMILES string of the molecule is COCC(=O)N1CCN(C(=O)c2ccc(Cl)nc2)CC1. The van der Waals surface area contributed by atoms with Gasteiger partial charge in [-0.15, -0.1) is 0 Å². The zero-order chi connectivity index (χ0) is 14.5. The lowest BCUT2D eigenvalue weighted by molar-refractivity contribution is -0.136. The van der Waals surface area contributed by atoms with Gasteiger partial charge in [-0.05, 0) is 12.1 Å². The summed E-state index contributed by atoms with van der Waals surface area (Å²) >= 11 is 5.69. The molecule has 1 aliphatic heterocycles. The largest absolute Gasteiger partial charge is 0.375 e. The molecule has 0 radical (unpaired) electrons. The molecule has 1 aromatic rings. The fourth-order valence-electron chi connectivity index (χ4n) is 2.06. The molecule has 108 valence electrons. The molecular formula is C13H16ClN3O3. The first-order valence-corrected chi connectivity index (χ1v) is 6.67. The van der Waals surface area contributed by atoms with Gasteiger partial charge in [-0.2, -0.15) is 0 Å². The maximum Gasteiger partial charge on any atom is 0.255 e. The van der Waals surface area contributed by atoms with Crippen LogP contribution in [0.4, 0.5) is 0 Å². The molecule has 7 heteroatoms. The highest BCUT2D eigenvalue weighted by molar-refractivity contribution is 6.29. The number of rotatable bonds is 3. The second-order valence-corrected chi connectivity index (χ2v) is 4.86. The van der Waals surface area contributed by atoms with Gasteiger partial charge in [0, 0.05) is 39.5 Å². The van der Waals surface area contributed by atoms with Crippen LogP contribution in [-0.2, 0) is 9.53 Å². The van der Waals surface area contributed by atoms with E-state index in [4.69, 9.17) is 16.3 Å². The molecule has 0 saturated carbocycles. The van der Waals surface area contributed by atoms with E-state index in [-0.39, 0.29) is 18.4 Å². The summed E-state index contributed by atoms with van der Waals surface area (Å²) in [5.41, 5.74) is 0.506. The number of pyridine rings is 1. The van der Waals surface area contributed by atoms with Crippen molar-refractivity contribution in [2.75, 3.05) is 39.9 Å². The second-order valence-electron chi connectivity index (χ2n) is 4.48. The van der Waals surface area contributed by atoms with Gasteiger partial charge in [0.25, 0.3) is 5.91 Å². The van der Waals surface area contributed by atoms with Gasteiger partial charge in [-0.1, -0.05) is 11.6 Å². The van der Waals surface area contributed by atoms with Gasteiger partial charge in [0.1, 0.15) is 11.8 Å². The standard InChI is InChI=1S/C13H16ClN3O3/c1-20-9-12(18)16-4-6-17(7-5-16)13(19)10-2-3-11(14)15-8-10/h2-3,8H,4-7,9H2,1H3. The highest BCUT2D eigenvalue weighted by Gasteiger charge is 2.24. The number of amides is 2. The molecule has 0 spiro atoms. The first kappa shape index (κ1) is 14.7. The summed E-state index contributed by atoms with van der Waals surface area (Å²) in [7, 11) is 1.49. The summed E-state index contributed by atoms with van der Waals surface area (Å²) in [6.07, 6.45) is 1.47. The molecule has 1 saturated heterocycles. The number of carbonyl (C=O) groups excluding carboxylic acids is 2. The van der Waals surface area contributed by atoms with E-state index in [1.165, 1.54) is 13.3 Å². The van der Waals surface area contributed by atoms with Crippen molar-refractivity contribution in [2.24, 2.45) is 0 Å². The normalized spacial score (nSPS) is 15.3. The predicted octanol–water partition coefficient (Wildman–Crippen LogP) is 0.666. The van der Waals surface area contributed by atoms with Crippen LogP contribution in [0.1, 0.15) is 10.4 Å². The fraction of sp³-hybridized carbons (Fsp3) is 0.462. The Bertz CT molecular complexity index is 484. The van der Waals surface area contributed by atoms with Gasteiger partial charge in [0.05, 0.1) is 5.56 Å². The van der Waals surface area contributed by atoms with E-state index in [9.17, 15) is 9.59 Å². The lowest BCUT2D eigenvalue weighted by atomic mass is 10.2. The Morgan fingerprint density at radius 2 is 1.90 bits per heavy atom. The van der Waals surface area contributed by atoms with Crippen molar-refractivity contribution in [1.82, 2.24) is 14.8 Å². The third-order valence-electron chi connectivity index (χ3n) is 3.16. The van der Waals surface area contributed by atoms with Crippen molar-refractivity contribution in [1.29, 1.82) is 0 Å². The Hall–Kier alpha value is -1.66. The number of hydrogen-bond acceptors (Lipinski definition) is 4. The average Bonchev–Trinajstić information content (AvgIpc) is 2.48. The minimum absolute atomic E-state index is 0.0484. The van der Waals surface area contributed by atoms with Crippen LogP contribution in [-0.4, -0.2) is 66.5 Å². The van der Waals surface area contributed by atoms with Crippen LogP contribution in [0, 0.1) is 0 Å². The molecule has 2 heterocycles. The summed E-state index contributed by atoms with van der Waals surface area (Å²) < 4.78 is 4.82. The molecule has 1 aromatic heterocycles. The van der Waals surface area contributed by atoms with Crippen molar-refractivity contribution in [3.8, 4) is 0 Å². The van der Waals surface area contributed by atoms with Crippen molar-refractivity contribution >= 4 is 23.4 Å². The Kier molecular flexibility index (Phi) is 4.92. The number of aromatic nitrogens is 1. The second kappa shape index (κ2) is 6.67. The van der Waals surface area contributed by atoms with Crippen molar-refractivity contribution < 1.29 is 14.3 Å². The lowest BCUT2D eigenvalue weighted by Crippen LogP contribution is -2.51. The van der Waals surface area contributed by atoms with Crippen molar-refractivity contribution in [3.63, 3.8) is 0 Å². The van der Waals surface area contributed by atoms with Gasteiger partial charge in [-0.3, -0.25) is 9.59 Å². The number of nitrogens with zero attached hydrogens (tertiary/aromatic N) is 3. The highest BCUT2D eigenvalue weighted by atomic mass is 35.5. The Morgan fingerprint density at radius 1 is 1.25 bits per heavy atom. The van der Waals surface area contributed by atoms with Crippen LogP contribution < -0.4 is 0 Å². The molecular weight excluding hydrogens is 282 g/mol. The van der Waals surface area contributed by atoms with E-state index >= 15 is 0 Å². The van der Waals surface area contributed by atoms with Gasteiger partial charge >= 0.3 is 0 Å². The van der Waals surface area contributed by atoms with Crippen molar-refractivity contribution in [2.45, 2.75) is 0 Å². The van der Waals surface area contributed by atoms with E-state index in [0.717, 1.165) is 0 Å². The molecule has 1 aliphatic rings. The monoisotopic (exact) mass is 297 g/mol. The van der Waals surface area contributed by atoms with Crippen LogP contribution in [0.2, 0.25) is 5.15 Å². The van der Waals surface area contributed by atoms with Crippen LogP contribution in [0.25, 0.3) is 0 Å². The molecule has 1 fully saturated rings. The number of methoxy groups -OCH3 is 1. The van der Waals surface area contributed by atoms with E-state index in [0.29, 0.717) is 36.9 Å². The Labute approximate surface area is 122 Å². The molecule has 0 aromatic carbocycles. The zero-order valence-corrected chi connectivity index (χ0v) is 12.0. The van der Waals surface area contributed by atoms with E-state index in [1.807, 2.05) is 0 Å². The summed E-state index contributed by atoms with van der Waals surface area (Å²) in [6, 6.07) is 3.24. The third-order valence-corrected chi connectivity index (χ3v) is 3.39. The molecule has 0 bridgehead atoms. The van der Waals surface area contributed by atoms with E-state index < -0.39 is 0 Å². The van der Waals surface area contributed by atoms with Crippen LogP contribution in [0.15, 0.2) is 18.3 Å². The van der Waals surface area contributed by atoms with Gasteiger partial charge in [0.2, 0.25) is 5.91 Å². The van der Waals surface area contributed by atoms with Crippen LogP contribution in [0.3, 0.4) is 0 Å². The summed E-state index contributed by atoms with van der Waals surface area (Å²) in [4.78, 5) is 31.2. The Morgan fingerprint density at radius 3 is 2.45 bits per heavy atom. The number of ether oxygens (including phenoxy) is 1. The first-order chi connectivity index (χ1) is 9.61. The van der Waals surface area contributed by atoms with Gasteiger partial charge in [0.15, 0.2) is 0 Å². The molecule has 6 nitrogen and oxygen atoms in total. The number of hydrogen-bond donors (Lipinski definition) is 0. The third kappa shape index (κ3) is 3.46. The molecule has 0 aliphatic carbocycles. The minimum Gasteiger partial charge on any atom is -0.375 e. The summed E-state index contributed by atoms with van der Waals surface area (Å²) in [5.74, 6) is -0.138. The van der Waals surface area contributed by atoms with Crippen LogP contribution >= 0.6 is 11.6 Å². The minimum atomic E-state index is -0.0898. The quantitative estimate of drug-likeness (QED) is 0.769. The molecule has 2 rings (SSSR count). The lowest BCUT2D eigenvalue weighted by Gasteiger charge is -2.34. The molecule has 0 atom stereocenters. The molecule has 20 heavy (non-hydrogen) atoms. The van der Waals surface area contributed by atoms with Crippen molar-refractivity contribution in [3.05, 3.63) is 29.0 Å². The van der Waals surface area contributed by atoms with Gasteiger partial charge < -0.3 is 14.5 Å². The summed E-state index contributed by atoms with van der Waals surface area (Å²) in [6.45, 7) is 2.15. The number of carbonyl (C=O) groups is 2.